The topological polar surface area (TPSA) is 124 Å². The van der Waals surface area contributed by atoms with Crippen LogP contribution < -0.4 is 14.8 Å². The second kappa shape index (κ2) is 11.6. The number of rotatable bonds is 7. The van der Waals surface area contributed by atoms with Crippen molar-refractivity contribution >= 4 is 28.6 Å². The highest BCUT2D eigenvalue weighted by atomic mass is 16.7. The normalized spacial score (nSPS) is 13.3. The van der Waals surface area contributed by atoms with Crippen molar-refractivity contribution in [3.63, 3.8) is 0 Å². The molecule has 10 heteroatoms. The van der Waals surface area contributed by atoms with Gasteiger partial charge in [0.05, 0.1) is 23.5 Å². The summed E-state index contributed by atoms with van der Waals surface area (Å²) in [5, 5.41) is 37.6. The van der Waals surface area contributed by atoms with Gasteiger partial charge in [-0.15, -0.1) is 0 Å². The third kappa shape index (κ3) is 5.81. The summed E-state index contributed by atoms with van der Waals surface area (Å²) in [5.74, 6) is 1.31. The van der Waals surface area contributed by atoms with Gasteiger partial charge in [0.1, 0.15) is 17.3 Å². The number of nitrogens with zero attached hydrogens (tertiary/aromatic N) is 4. The average Bonchev–Trinajstić information content (AvgIpc) is 3.52. The van der Waals surface area contributed by atoms with Crippen molar-refractivity contribution in [1.29, 1.82) is 0 Å². The largest absolute Gasteiger partial charge is 0.505 e. The zero-order chi connectivity index (χ0) is 30.9. The number of aromatic hydroxyl groups is 3. The quantitative estimate of drug-likeness (QED) is 0.116. The molecule has 4 N–H and O–H groups in total. The molecule has 0 saturated carbocycles. The van der Waals surface area contributed by atoms with Crippen LogP contribution in [0.3, 0.4) is 0 Å². The second-order valence-electron chi connectivity index (χ2n) is 11.5. The van der Waals surface area contributed by atoms with Crippen molar-refractivity contribution in [2.24, 2.45) is 15.4 Å². The summed E-state index contributed by atoms with van der Waals surface area (Å²) in [7, 11) is 5.33. The zero-order valence-corrected chi connectivity index (χ0v) is 25.2. The molecule has 5 rings (SSSR count). The number of aliphatic imine (C=N–C) groups is 2. The van der Waals surface area contributed by atoms with Crippen molar-refractivity contribution < 1.29 is 24.8 Å². The summed E-state index contributed by atoms with van der Waals surface area (Å²) < 4.78 is 12.5. The van der Waals surface area contributed by atoms with Gasteiger partial charge in [-0.05, 0) is 35.9 Å². The molecule has 4 aromatic rings. The van der Waals surface area contributed by atoms with Crippen LogP contribution in [-0.2, 0) is 6.54 Å². The highest BCUT2D eigenvalue weighted by Gasteiger charge is 2.29. The maximum absolute atomic E-state index is 11.6. The van der Waals surface area contributed by atoms with Crippen molar-refractivity contribution in [3.8, 4) is 29.0 Å². The van der Waals surface area contributed by atoms with Crippen LogP contribution in [0.25, 0.3) is 0 Å². The van der Waals surface area contributed by atoms with E-state index in [9.17, 15) is 15.3 Å². The lowest BCUT2D eigenvalue weighted by Crippen LogP contribution is -2.23. The minimum atomic E-state index is -0.477. The van der Waals surface area contributed by atoms with E-state index in [1.54, 1.807) is 30.1 Å². The first-order chi connectivity index (χ1) is 20.5. The van der Waals surface area contributed by atoms with E-state index < -0.39 is 5.41 Å². The fourth-order valence-corrected chi connectivity index (χ4v) is 5.06. The number of amidine groups is 1. The summed E-state index contributed by atoms with van der Waals surface area (Å²) in [6.45, 7) is 6.39. The van der Waals surface area contributed by atoms with E-state index in [1.165, 1.54) is 4.57 Å². The number of phenolic OH excluding ortho intramolecular Hbond substituents is 1. The first-order valence-electron chi connectivity index (χ1n) is 13.9. The molecule has 3 aromatic carbocycles. The highest BCUT2D eigenvalue weighted by molar-refractivity contribution is 6.07. The van der Waals surface area contributed by atoms with Gasteiger partial charge in [0, 0.05) is 32.1 Å². The fraction of sp³-hybridized carbons (Fsp3) is 0.273. The van der Waals surface area contributed by atoms with Crippen LogP contribution in [0.4, 0.5) is 17.1 Å². The number of anilines is 2. The Bertz CT molecular complexity index is 1700. The molecule has 0 amide bonds. The van der Waals surface area contributed by atoms with Gasteiger partial charge in [-0.25, -0.2) is 4.99 Å². The molecule has 224 valence electrons. The summed E-state index contributed by atoms with van der Waals surface area (Å²) in [5.41, 5.74) is 2.89. The molecular weight excluding hydrogens is 546 g/mol. The van der Waals surface area contributed by atoms with Crippen molar-refractivity contribution in [2.75, 3.05) is 33.3 Å². The van der Waals surface area contributed by atoms with Crippen LogP contribution in [0, 0.1) is 5.41 Å². The molecule has 10 nitrogen and oxygen atoms in total. The standard InChI is InChI=1S/C33H37N5O5/c1-33(2,3)29(21-15-16-24-25(17-21)43-19-42-24)36-27-26(31(40)38(32(27)41)18-20-11-8-7-9-12-20)35-23-14-10-13-22(28(23)39)30(34-4)37(5)6/h7-17,35,39-41H,18-19H2,1-6H3. The van der Waals surface area contributed by atoms with Crippen LogP contribution in [0.1, 0.15) is 37.5 Å². The van der Waals surface area contributed by atoms with Crippen molar-refractivity contribution in [3.05, 3.63) is 83.4 Å². The number of para-hydroxylation sites is 1. The number of nitrogens with one attached hydrogen (secondary N) is 1. The molecule has 1 aliphatic heterocycles. The van der Waals surface area contributed by atoms with E-state index >= 15 is 0 Å². The number of fused-ring (bicyclic) bond motifs is 1. The summed E-state index contributed by atoms with van der Waals surface area (Å²) in [4.78, 5) is 11.1. The number of ether oxygens (including phenoxy) is 2. The summed E-state index contributed by atoms with van der Waals surface area (Å²) >= 11 is 0. The van der Waals surface area contributed by atoms with Gasteiger partial charge in [-0.1, -0.05) is 57.2 Å². The van der Waals surface area contributed by atoms with E-state index in [2.05, 4.69) is 10.3 Å². The lowest BCUT2D eigenvalue weighted by molar-refractivity contribution is 0.174. The maximum Gasteiger partial charge on any atom is 0.231 e. The Morgan fingerprint density at radius 3 is 2.33 bits per heavy atom. The minimum absolute atomic E-state index is 0.0618. The Hall–Kier alpha value is -5.12. The lowest BCUT2D eigenvalue weighted by atomic mass is 9.85. The fourth-order valence-electron chi connectivity index (χ4n) is 5.06. The molecule has 0 aliphatic carbocycles. The first-order valence-corrected chi connectivity index (χ1v) is 13.9. The van der Waals surface area contributed by atoms with Gasteiger partial charge in [0.25, 0.3) is 0 Å². The molecule has 0 radical (unpaired) electrons. The van der Waals surface area contributed by atoms with E-state index in [4.69, 9.17) is 14.5 Å². The molecule has 0 fully saturated rings. The van der Waals surface area contributed by atoms with Gasteiger partial charge in [-0.2, -0.15) is 0 Å². The van der Waals surface area contributed by atoms with Crippen LogP contribution >= 0.6 is 0 Å². The first kappa shape index (κ1) is 29.4. The van der Waals surface area contributed by atoms with Gasteiger partial charge in [-0.3, -0.25) is 9.56 Å². The third-order valence-electron chi connectivity index (χ3n) is 7.12. The Kier molecular flexibility index (Phi) is 7.95. The lowest BCUT2D eigenvalue weighted by Gasteiger charge is -2.22. The van der Waals surface area contributed by atoms with E-state index in [0.29, 0.717) is 34.3 Å². The molecule has 0 unspecified atom stereocenters. The molecular formula is C33H37N5O5. The highest BCUT2D eigenvalue weighted by Crippen LogP contribution is 2.49. The molecule has 0 atom stereocenters. The molecule has 43 heavy (non-hydrogen) atoms. The predicted octanol–water partition coefficient (Wildman–Crippen LogP) is 6.23. The monoisotopic (exact) mass is 583 g/mol. The van der Waals surface area contributed by atoms with Crippen LogP contribution in [0.5, 0.6) is 29.0 Å². The summed E-state index contributed by atoms with van der Waals surface area (Å²) in [6.07, 6.45) is 0. The van der Waals surface area contributed by atoms with Crippen LogP contribution in [-0.4, -0.2) is 64.3 Å². The SMILES string of the molecule is CN=C(c1cccc(Nc2c(N=C(c3ccc4c(c3)OCO4)C(C)(C)C)c(O)n(Cc3ccccc3)c2O)c1O)N(C)C. The number of benzene rings is 3. The minimum Gasteiger partial charge on any atom is -0.505 e. The smallest absolute Gasteiger partial charge is 0.231 e. The van der Waals surface area contributed by atoms with Gasteiger partial charge in [0.2, 0.25) is 18.6 Å². The van der Waals surface area contributed by atoms with Gasteiger partial charge >= 0.3 is 0 Å². The van der Waals surface area contributed by atoms with Gasteiger partial charge < -0.3 is 35.0 Å². The zero-order valence-electron chi connectivity index (χ0n) is 25.2. The molecule has 0 bridgehead atoms. The number of hydrogen-bond acceptors (Lipinski definition) is 8. The van der Waals surface area contributed by atoms with Gasteiger partial charge in [0.15, 0.2) is 17.2 Å². The summed E-state index contributed by atoms with van der Waals surface area (Å²) in [6, 6.07) is 20.3. The molecule has 2 heterocycles. The van der Waals surface area contributed by atoms with Crippen LogP contribution in [0.15, 0.2) is 76.7 Å². The Morgan fingerprint density at radius 1 is 0.930 bits per heavy atom. The van der Waals surface area contributed by atoms with E-state index in [1.807, 2.05) is 83.4 Å². The Morgan fingerprint density at radius 2 is 1.65 bits per heavy atom. The van der Waals surface area contributed by atoms with Crippen molar-refractivity contribution in [1.82, 2.24) is 9.47 Å². The second-order valence-corrected chi connectivity index (χ2v) is 11.5. The average molecular weight is 584 g/mol. The Balaban J connectivity index is 1.69. The van der Waals surface area contributed by atoms with Crippen molar-refractivity contribution in [2.45, 2.75) is 27.3 Å². The Labute approximate surface area is 251 Å². The molecule has 0 saturated heterocycles. The van der Waals surface area contributed by atoms with E-state index in [0.717, 1.165) is 11.1 Å². The third-order valence-corrected chi connectivity index (χ3v) is 7.12. The number of aromatic nitrogens is 1. The maximum atomic E-state index is 11.6. The number of hydrogen-bond donors (Lipinski definition) is 4. The predicted molar refractivity (Wildman–Crippen MR) is 169 cm³/mol. The molecule has 0 spiro atoms. The molecule has 1 aliphatic rings. The number of phenols is 1. The van der Waals surface area contributed by atoms with Crippen LogP contribution in [0.2, 0.25) is 0 Å². The molecule has 1 aromatic heterocycles. The van der Waals surface area contributed by atoms with E-state index in [-0.39, 0.29) is 42.2 Å².